The van der Waals surface area contributed by atoms with E-state index < -0.39 is 17.3 Å². The normalized spacial score (nSPS) is 10.4. The predicted octanol–water partition coefficient (Wildman–Crippen LogP) is 3.17. The summed E-state index contributed by atoms with van der Waals surface area (Å²) in [6, 6.07) is 8.56. The van der Waals surface area contributed by atoms with Gasteiger partial charge in [-0.15, -0.1) is 0 Å². The second-order valence-electron chi connectivity index (χ2n) is 3.17. The lowest BCUT2D eigenvalue weighted by Gasteiger charge is -1.96. The lowest BCUT2D eigenvalue weighted by atomic mass is 10.1. The standard InChI is InChI=1S/C11H7ClFNO2/c12-10-7(11(15)16)8(13)9(14-10)6-4-2-1-3-5-6/h1-5,14H,(H,15,16). The Labute approximate surface area is 95.5 Å². The lowest BCUT2D eigenvalue weighted by Crippen LogP contribution is -1.97. The summed E-state index contributed by atoms with van der Waals surface area (Å²) >= 11 is 5.62. The van der Waals surface area contributed by atoms with E-state index in [-0.39, 0.29) is 10.8 Å². The Balaban J connectivity index is 2.61. The maximum atomic E-state index is 13.7. The first-order valence-electron chi connectivity index (χ1n) is 4.47. The third-order valence-electron chi connectivity index (χ3n) is 2.17. The number of carboxylic acid groups (broad SMARTS) is 1. The zero-order valence-electron chi connectivity index (χ0n) is 8.00. The Morgan fingerprint density at radius 2 is 1.94 bits per heavy atom. The molecule has 0 radical (unpaired) electrons. The number of aromatic nitrogens is 1. The molecule has 0 aliphatic heterocycles. The fourth-order valence-electron chi connectivity index (χ4n) is 1.44. The highest BCUT2D eigenvalue weighted by Crippen LogP contribution is 2.29. The van der Waals surface area contributed by atoms with E-state index in [4.69, 9.17) is 16.7 Å². The van der Waals surface area contributed by atoms with Crippen LogP contribution in [0.3, 0.4) is 0 Å². The van der Waals surface area contributed by atoms with Gasteiger partial charge in [-0.05, 0) is 0 Å². The average molecular weight is 240 g/mol. The number of H-pyrrole nitrogens is 1. The summed E-state index contributed by atoms with van der Waals surface area (Å²) in [5.74, 6) is -2.23. The van der Waals surface area contributed by atoms with E-state index >= 15 is 0 Å². The Bertz CT molecular complexity index is 536. The molecule has 0 atom stereocenters. The van der Waals surface area contributed by atoms with Gasteiger partial charge in [0.05, 0.1) is 5.69 Å². The third kappa shape index (κ3) is 1.67. The van der Waals surface area contributed by atoms with E-state index in [9.17, 15) is 9.18 Å². The summed E-state index contributed by atoms with van der Waals surface area (Å²) in [6.07, 6.45) is 0. The molecule has 0 bridgehead atoms. The van der Waals surface area contributed by atoms with E-state index in [0.717, 1.165) is 0 Å². The zero-order valence-corrected chi connectivity index (χ0v) is 8.75. The topological polar surface area (TPSA) is 53.1 Å². The molecule has 0 amide bonds. The van der Waals surface area contributed by atoms with Crippen LogP contribution in [0.25, 0.3) is 11.3 Å². The zero-order chi connectivity index (χ0) is 11.7. The molecular weight excluding hydrogens is 233 g/mol. The van der Waals surface area contributed by atoms with Gasteiger partial charge in [0, 0.05) is 5.56 Å². The molecule has 2 rings (SSSR count). The van der Waals surface area contributed by atoms with E-state index in [1.54, 1.807) is 30.3 Å². The number of halogens is 2. The number of hydrogen-bond acceptors (Lipinski definition) is 1. The molecule has 5 heteroatoms. The monoisotopic (exact) mass is 239 g/mol. The van der Waals surface area contributed by atoms with Crippen LogP contribution in [0.15, 0.2) is 30.3 Å². The molecule has 1 aromatic carbocycles. The molecule has 2 N–H and O–H groups in total. The van der Waals surface area contributed by atoms with Crippen molar-refractivity contribution in [2.45, 2.75) is 0 Å². The quantitative estimate of drug-likeness (QED) is 0.846. The second kappa shape index (κ2) is 3.98. The number of nitrogens with one attached hydrogen (secondary N) is 1. The van der Waals surface area contributed by atoms with Gasteiger partial charge in [0.2, 0.25) is 0 Å². The first-order valence-corrected chi connectivity index (χ1v) is 4.84. The van der Waals surface area contributed by atoms with Crippen molar-refractivity contribution in [3.63, 3.8) is 0 Å². The van der Waals surface area contributed by atoms with Gasteiger partial charge in [-0.2, -0.15) is 0 Å². The molecule has 1 heterocycles. The average Bonchev–Trinajstić information content (AvgIpc) is 2.55. The van der Waals surface area contributed by atoms with Crippen molar-refractivity contribution in [2.24, 2.45) is 0 Å². The molecule has 1 aromatic heterocycles. The van der Waals surface area contributed by atoms with Crippen LogP contribution >= 0.6 is 11.6 Å². The number of aromatic carboxylic acids is 1. The van der Waals surface area contributed by atoms with Gasteiger partial charge in [0.15, 0.2) is 5.82 Å². The van der Waals surface area contributed by atoms with Crippen LogP contribution in [0.5, 0.6) is 0 Å². The highest BCUT2D eigenvalue weighted by Gasteiger charge is 2.22. The summed E-state index contributed by atoms with van der Waals surface area (Å²) in [5.41, 5.74) is 0.109. The Morgan fingerprint density at radius 1 is 1.31 bits per heavy atom. The summed E-state index contributed by atoms with van der Waals surface area (Å²) in [6.45, 7) is 0. The van der Waals surface area contributed by atoms with E-state index in [1.807, 2.05) is 0 Å². The van der Waals surface area contributed by atoms with Gasteiger partial charge >= 0.3 is 5.97 Å². The summed E-state index contributed by atoms with van der Waals surface area (Å²) < 4.78 is 13.7. The predicted molar refractivity (Wildman–Crippen MR) is 58.2 cm³/mol. The highest BCUT2D eigenvalue weighted by atomic mass is 35.5. The molecule has 0 aliphatic carbocycles. The smallest absolute Gasteiger partial charge is 0.341 e. The van der Waals surface area contributed by atoms with Crippen molar-refractivity contribution in [3.05, 3.63) is 46.9 Å². The van der Waals surface area contributed by atoms with Crippen LogP contribution in [0.1, 0.15) is 10.4 Å². The van der Waals surface area contributed by atoms with Gasteiger partial charge < -0.3 is 10.1 Å². The van der Waals surface area contributed by atoms with Crippen molar-refractivity contribution < 1.29 is 14.3 Å². The molecule has 0 unspecified atom stereocenters. The minimum absolute atomic E-state index is 0.0861. The van der Waals surface area contributed by atoms with Crippen LogP contribution in [-0.4, -0.2) is 16.1 Å². The van der Waals surface area contributed by atoms with Crippen molar-refractivity contribution >= 4 is 17.6 Å². The van der Waals surface area contributed by atoms with Crippen LogP contribution in [0.4, 0.5) is 4.39 Å². The molecule has 0 spiro atoms. The summed E-state index contributed by atoms with van der Waals surface area (Å²) in [7, 11) is 0. The molecule has 2 aromatic rings. The number of benzene rings is 1. The lowest BCUT2D eigenvalue weighted by molar-refractivity contribution is 0.0692. The molecule has 0 aliphatic rings. The van der Waals surface area contributed by atoms with Gasteiger partial charge in [0.25, 0.3) is 0 Å². The SMILES string of the molecule is O=C(O)c1c(Cl)[nH]c(-c2ccccc2)c1F. The number of aromatic amines is 1. The molecule has 16 heavy (non-hydrogen) atoms. The van der Waals surface area contributed by atoms with Crippen LogP contribution in [0.2, 0.25) is 5.15 Å². The number of carbonyl (C=O) groups is 1. The summed E-state index contributed by atoms with van der Waals surface area (Å²) in [4.78, 5) is 13.3. The fourth-order valence-corrected chi connectivity index (χ4v) is 1.70. The molecule has 0 fully saturated rings. The van der Waals surface area contributed by atoms with E-state index in [1.165, 1.54) is 0 Å². The van der Waals surface area contributed by atoms with Crippen LogP contribution in [-0.2, 0) is 0 Å². The largest absolute Gasteiger partial charge is 0.477 e. The maximum absolute atomic E-state index is 13.7. The highest BCUT2D eigenvalue weighted by molar-refractivity contribution is 6.32. The minimum Gasteiger partial charge on any atom is -0.477 e. The Hall–Kier alpha value is -1.81. The van der Waals surface area contributed by atoms with Gasteiger partial charge in [-0.1, -0.05) is 41.9 Å². The van der Waals surface area contributed by atoms with Crippen LogP contribution in [0, 0.1) is 5.82 Å². The first kappa shape index (κ1) is 10.7. The van der Waals surface area contributed by atoms with Crippen molar-refractivity contribution in [1.82, 2.24) is 4.98 Å². The van der Waals surface area contributed by atoms with Crippen molar-refractivity contribution in [3.8, 4) is 11.3 Å². The van der Waals surface area contributed by atoms with Gasteiger partial charge in [-0.3, -0.25) is 0 Å². The molecule has 82 valence electrons. The third-order valence-corrected chi connectivity index (χ3v) is 2.45. The summed E-state index contributed by atoms with van der Waals surface area (Å²) in [5, 5.41) is 8.56. The number of rotatable bonds is 2. The van der Waals surface area contributed by atoms with Gasteiger partial charge in [0.1, 0.15) is 10.7 Å². The van der Waals surface area contributed by atoms with E-state index in [0.29, 0.717) is 5.56 Å². The maximum Gasteiger partial charge on any atom is 0.341 e. The molecular formula is C11H7ClFNO2. The number of carboxylic acids is 1. The second-order valence-corrected chi connectivity index (χ2v) is 3.55. The van der Waals surface area contributed by atoms with E-state index in [2.05, 4.69) is 4.98 Å². The Kier molecular flexibility index (Phi) is 2.66. The fraction of sp³-hybridized carbons (Fsp3) is 0. The van der Waals surface area contributed by atoms with Crippen molar-refractivity contribution in [1.29, 1.82) is 0 Å². The number of hydrogen-bond donors (Lipinski definition) is 2. The molecule has 0 saturated carbocycles. The van der Waals surface area contributed by atoms with Crippen molar-refractivity contribution in [2.75, 3.05) is 0 Å². The minimum atomic E-state index is -1.39. The van der Waals surface area contributed by atoms with Crippen LogP contribution < -0.4 is 0 Å². The first-order chi connectivity index (χ1) is 7.61. The van der Waals surface area contributed by atoms with Gasteiger partial charge in [-0.25, -0.2) is 9.18 Å². The molecule has 0 saturated heterocycles. The Morgan fingerprint density at radius 3 is 2.44 bits per heavy atom. The molecule has 3 nitrogen and oxygen atoms in total.